The largest absolute Gasteiger partial charge is 0.454 e. The van der Waals surface area contributed by atoms with Gasteiger partial charge in [-0.1, -0.05) is 15.9 Å². The van der Waals surface area contributed by atoms with Crippen LogP contribution in [-0.4, -0.2) is 35.4 Å². The number of likely N-dealkylation sites (tertiary alicyclic amines) is 1. The summed E-state index contributed by atoms with van der Waals surface area (Å²) in [5.41, 5.74) is 1.51. The van der Waals surface area contributed by atoms with Gasteiger partial charge >= 0.3 is 6.18 Å². The van der Waals surface area contributed by atoms with Crippen molar-refractivity contribution in [1.82, 2.24) is 4.90 Å². The summed E-state index contributed by atoms with van der Waals surface area (Å²) < 4.78 is 37.6. The monoisotopic (exact) mass is 404 g/mol. The van der Waals surface area contributed by atoms with Crippen molar-refractivity contribution >= 4 is 33.3 Å². The molecule has 0 radical (unpaired) electrons. The molecule has 1 saturated heterocycles. The summed E-state index contributed by atoms with van der Waals surface area (Å²) in [6.45, 7) is 2.27. The molecule has 1 fully saturated rings. The second kappa shape index (κ2) is 7.38. The number of alkyl halides is 3. The van der Waals surface area contributed by atoms with Crippen LogP contribution in [0.25, 0.3) is 0 Å². The molecule has 1 aliphatic heterocycles. The maximum absolute atomic E-state index is 12.4. The zero-order valence-electron chi connectivity index (χ0n) is 12.9. The number of rotatable bonds is 4. The number of benzene rings is 1. The summed E-state index contributed by atoms with van der Waals surface area (Å²) >= 11 is 3.33. The third-order valence-corrected chi connectivity index (χ3v) is 4.23. The van der Waals surface area contributed by atoms with Gasteiger partial charge in [0, 0.05) is 29.0 Å². The molecule has 0 aliphatic carbocycles. The van der Waals surface area contributed by atoms with Crippen LogP contribution in [0.4, 0.5) is 18.9 Å². The van der Waals surface area contributed by atoms with Gasteiger partial charge in [0.15, 0.2) is 0 Å². The number of halogens is 4. The van der Waals surface area contributed by atoms with Crippen LogP contribution in [0.15, 0.2) is 34.9 Å². The van der Waals surface area contributed by atoms with Gasteiger partial charge in [-0.25, -0.2) is 0 Å². The number of aryl methyl sites for hydroxylation is 1. The topological polar surface area (TPSA) is 49.4 Å². The molecule has 1 amide bonds. The number of carbonyl (C=O) groups is 2. The molecule has 1 aromatic carbocycles. The number of ketones is 1. The van der Waals surface area contributed by atoms with Crippen molar-refractivity contribution in [1.29, 1.82) is 0 Å². The van der Waals surface area contributed by atoms with Crippen LogP contribution < -0.4 is 5.32 Å². The number of nitrogens with zero attached hydrogens (tertiary/aromatic N) is 1. The minimum Gasteiger partial charge on any atom is -0.365 e. The molecule has 24 heavy (non-hydrogen) atoms. The van der Waals surface area contributed by atoms with Gasteiger partial charge in [-0.2, -0.15) is 13.2 Å². The maximum atomic E-state index is 12.4. The lowest BCUT2D eigenvalue weighted by Crippen LogP contribution is -2.37. The summed E-state index contributed by atoms with van der Waals surface area (Å²) in [6, 6.07) is 4.80. The Morgan fingerprint density at radius 2 is 2.08 bits per heavy atom. The second-order valence-electron chi connectivity index (χ2n) is 5.52. The first-order valence-corrected chi connectivity index (χ1v) is 8.10. The predicted octanol–water partition coefficient (Wildman–Crippen LogP) is 3.81. The average molecular weight is 405 g/mol. The summed E-state index contributed by atoms with van der Waals surface area (Å²) in [7, 11) is 0. The van der Waals surface area contributed by atoms with Gasteiger partial charge in [0.25, 0.3) is 5.78 Å². The lowest BCUT2D eigenvalue weighted by atomic mass is 10.1. The highest BCUT2D eigenvalue weighted by atomic mass is 79.9. The van der Waals surface area contributed by atoms with E-state index in [1.54, 1.807) is 12.1 Å². The number of allylic oxidation sites excluding steroid dienone is 1. The molecule has 0 bridgehead atoms. The van der Waals surface area contributed by atoms with Gasteiger partial charge in [0.2, 0.25) is 5.91 Å². The molecule has 8 heteroatoms. The normalized spacial score (nSPS) is 18.2. The molecule has 1 aliphatic rings. The van der Waals surface area contributed by atoms with E-state index in [0.717, 1.165) is 16.2 Å². The lowest BCUT2D eigenvalue weighted by molar-refractivity contribution is -0.165. The van der Waals surface area contributed by atoms with Crippen molar-refractivity contribution in [3.05, 3.63) is 40.5 Å². The summed E-state index contributed by atoms with van der Waals surface area (Å²) in [5.74, 6) is -2.24. The Hall–Kier alpha value is -1.83. The van der Waals surface area contributed by atoms with Crippen molar-refractivity contribution in [3.8, 4) is 0 Å². The zero-order valence-corrected chi connectivity index (χ0v) is 14.4. The molecule has 0 unspecified atom stereocenters. The number of anilines is 1. The van der Waals surface area contributed by atoms with Crippen molar-refractivity contribution in [2.75, 3.05) is 11.9 Å². The van der Waals surface area contributed by atoms with Crippen molar-refractivity contribution < 1.29 is 22.8 Å². The number of carbonyl (C=O) groups excluding carboxylic acids is 2. The number of hydrogen-bond acceptors (Lipinski definition) is 3. The van der Waals surface area contributed by atoms with Crippen LogP contribution in [0.5, 0.6) is 0 Å². The number of nitrogens with one attached hydrogen (secondary N) is 1. The zero-order chi connectivity index (χ0) is 17.9. The SMILES string of the molecule is Cc1cc(Br)ccc1NC(=O)[C@@H]1CCCN1/C=C/C(=O)C(F)(F)F. The van der Waals surface area contributed by atoms with Gasteiger partial charge < -0.3 is 10.2 Å². The first-order valence-electron chi connectivity index (χ1n) is 7.30. The first kappa shape index (κ1) is 18.5. The van der Waals surface area contributed by atoms with E-state index in [4.69, 9.17) is 0 Å². The molecule has 1 aromatic rings. The molecule has 1 N–H and O–H groups in total. The Morgan fingerprint density at radius 1 is 1.38 bits per heavy atom. The van der Waals surface area contributed by atoms with E-state index < -0.39 is 18.0 Å². The molecule has 1 heterocycles. The molecule has 4 nitrogen and oxygen atoms in total. The second-order valence-corrected chi connectivity index (χ2v) is 6.44. The highest BCUT2D eigenvalue weighted by Crippen LogP contribution is 2.24. The minimum absolute atomic E-state index is 0.304. The number of amides is 1. The third kappa shape index (κ3) is 4.59. The number of hydrogen-bond donors (Lipinski definition) is 1. The Morgan fingerprint density at radius 3 is 2.71 bits per heavy atom. The molecule has 1 atom stereocenters. The molecular weight excluding hydrogens is 389 g/mol. The fourth-order valence-electron chi connectivity index (χ4n) is 2.49. The summed E-state index contributed by atoms with van der Waals surface area (Å²) in [6.07, 6.45) is -2.19. The van der Waals surface area contributed by atoms with Gasteiger partial charge in [-0.3, -0.25) is 9.59 Å². The van der Waals surface area contributed by atoms with Crippen molar-refractivity contribution in [2.24, 2.45) is 0 Å². The van der Waals surface area contributed by atoms with Gasteiger partial charge in [0.1, 0.15) is 6.04 Å². The fraction of sp³-hybridized carbons (Fsp3) is 0.375. The molecule has 2 rings (SSSR count). The van der Waals surface area contributed by atoms with E-state index in [-0.39, 0.29) is 5.91 Å². The third-order valence-electron chi connectivity index (χ3n) is 3.74. The molecule has 130 valence electrons. The average Bonchev–Trinajstić information content (AvgIpc) is 2.95. The van der Waals surface area contributed by atoms with Crippen LogP contribution in [0, 0.1) is 6.92 Å². The maximum Gasteiger partial charge on any atom is 0.454 e. The van der Waals surface area contributed by atoms with Gasteiger partial charge in [-0.05, 0) is 43.5 Å². The lowest BCUT2D eigenvalue weighted by Gasteiger charge is -2.22. The smallest absolute Gasteiger partial charge is 0.365 e. The Balaban J connectivity index is 2.05. The van der Waals surface area contributed by atoms with E-state index in [2.05, 4.69) is 21.2 Å². The Bertz CT molecular complexity index is 674. The minimum atomic E-state index is -4.90. The predicted molar refractivity (Wildman–Crippen MR) is 87.4 cm³/mol. The van der Waals surface area contributed by atoms with Gasteiger partial charge in [-0.15, -0.1) is 0 Å². The van der Waals surface area contributed by atoms with Crippen LogP contribution in [0.1, 0.15) is 18.4 Å². The van der Waals surface area contributed by atoms with Crippen LogP contribution in [0.3, 0.4) is 0 Å². The van der Waals surface area contributed by atoms with Crippen molar-refractivity contribution in [3.63, 3.8) is 0 Å². The standard InChI is InChI=1S/C16H16BrF3N2O2/c1-10-9-11(17)4-5-12(10)21-15(24)13-3-2-7-22(13)8-6-14(23)16(18,19)20/h4-6,8-9,13H,2-3,7H2,1H3,(H,21,24)/b8-6+/t13-/m0/s1. The van der Waals surface area contributed by atoms with Crippen LogP contribution >= 0.6 is 15.9 Å². The van der Waals surface area contributed by atoms with E-state index in [1.807, 2.05) is 13.0 Å². The Kier molecular flexibility index (Phi) is 5.69. The molecular formula is C16H16BrF3N2O2. The molecule has 0 saturated carbocycles. The van der Waals surface area contributed by atoms with Crippen molar-refractivity contribution in [2.45, 2.75) is 32.0 Å². The van der Waals surface area contributed by atoms with Crippen LogP contribution in [0.2, 0.25) is 0 Å². The van der Waals surface area contributed by atoms with Gasteiger partial charge in [0.05, 0.1) is 0 Å². The van der Waals surface area contributed by atoms with E-state index >= 15 is 0 Å². The highest BCUT2D eigenvalue weighted by molar-refractivity contribution is 9.10. The summed E-state index contributed by atoms with van der Waals surface area (Å²) in [4.78, 5) is 24.8. The van der Waals surface area contributed by atoms with E-state index in [1.165, 1.54) is 4.90 Å². The summed E-state index contributed by atoms with van der Waals surface area (Å²) in [5, 5.41) is 2.78. The quantitative estimate of drug-likeness (QED) is 0.776. The van der Waals surface area contributed by atoms with Crippen LogP contribution in [-0.2, 0) is 9.59 Å². The van der Waals surface area contributed by atoms with E-state index in [0.29, 0.717) is 31.1 Å². The Labute approximate surface area is 145 Å². The fourth-order valence-corrected chi connectivity index (χ4v) is 2.97. The first-order chi connectivity index (χ1) is 11.2. The molecule has 0 aromatic heterocycles. The van der Waals surface area contributed by atoms with E-state index in [9.17, 15) is 22.8 Å². The highest BCUT2D eigenvalue weighted by Gasteiger charge is 2.37. The molecule has 0 spiro atoms.